The predicted molar refractivity (Wildman–Crippen MR) is 74.4 cm³/mol. The number of aromatic carboxylic acids is 1. The van der Waals surface area contributed by atoms with Gasteiger partial charge in [-0.25, -0.2) is 9.78 Å². The molecule has 2 aromatic rings. The first kappa shape index (κ1) is 14.8. The average Bonchev–Trinajstić information content (AvgIpc) is 2.47. The molecule has 2 rings (SSSR count). The summed E-state index contributed by atoms with van der Waals surface area (Å²) in [6.45, 7) is 0. The van der Waals surface area contributed by atoms with E-state index in [9.17, 15) is 19.1 Å². The van der Waals surface area contributed by atoms with Crippen LogP contribution < -0.4 is 0 Å². The molecule has 1 heterocycles. The number of para-hydroxylation sites is 1. The highest BCUT2D eigenvalue weighted by molar-refractivity contribution is 7.84. The summed E-state index contributed by atoms with van der Waals surface area (Å²) < 4.78 is 12.2. The van der Waals surface area contributed by atoms with E-state index in [1.165, 1.54) is 36.4 Å². The van der Waals surface area contributed by atoms with E-state index in [0.29, 0.717) is 5.69 Å². The SMILES string of the molecule is O=C(O)c1cccc(CS(=O)c2ccccc2[N+](=O)[O-])n1. The third-order valence-corrected chi connectivity index (χ3v) is 4.01. The number of carboxylic acids is 1. The van der Waals surface area contributed by atoms with Gasteiger partial charge in [0, 0.05) is 6.07 Å². The van der Waals surface area contributed by atoms with Gasteiger partial charge in [0.05, 0.1) is 27.2 Å². The summed E-state index contributed by atoms with van der Waals surface area (Å²) in [6.07, 6.45) is 0. The lowest BCUT2D eigenvalue weighted by Crippen LogP contribution is -2.06. The Morgan fingerprint density at radius 1 is 1.24 bits per heavy atom. The van der Waals surface area contributed by atoms with Crippen molar-refractivity contribution in [1.29, 1.82) is 0 Å². The molecule has 108 valence electrons. The topological polar surface area (TPSA) is 110 Å². The zero-order valence-electron chi connectivity index (χ0n) is 10.6. The van der Waals surface area contributed by atoms with E-state index in [-0.39, 0.29) is 22.0 Å². The van der Waals surface area contributed by atoms with E-state index in [0.717, 1.165) is 0 Å². The molecule has 0 bridgehead atoms. The molecule has 8 heteroatoms. The van der Waals surface area contributed by atoms with Gasteiger partial charge in [0.1, 0.15) is 10.6 Å². The van der Waals surface area contributed by atoms with Crippen LogP contribution in [0.3, 0.4) is 0 Å². The largest absolute Gasteiger partial charge is 0.477 e. The number of carbonyl (C=O) groups is 1. The molecule has 1 aromatic heterocycles. The van der Waals surface area contributed by atoms with Crippen molar-refractivity contribution in [2.45, 2.75) is 10.6 Å². The molecule has 1 aromatic carbocycles. The van der Waals surface area contributed by atoms with E-state index >= 15 is 0 Å². The average molecular weight is 306 g/mol. The maximum Gasteiger partial charge on any atom is 0.354 e. The Labute approximate surface area is 121 Å². The van der Waals surface area contributed by atoms with Crippen LogP contribution in [0.5, 0.6) is 0 Å². The lowest BCUT2D eigenvalue weighted by atomic mass is 10.3. The van der Waals surface area contributed by atoms with Gasteiger partial charge in [-0.3, -0.25) is 14.3 Å². The molecular weight excluding hydrogens is 296 g/mol. The molecule has 21 heavy (non-hydrogen) atoms. The Morgan fingerprint density at radius 2 is 1.95 bits per heavy atom. The number of benzene rings is 1. The van der Waals surface area contributed by atoms with Crippen molar-refractivity contribution in [3.05, 3.63) is 64.0 Å². The zero-order valence-corrected chi connectivity index (χ0v) is 11.4. The Morgan fingerprint density at radius 3 is 2.62 bits per heavy atom. The second-order valence-electron chi connectivity index (χ2n) is 4.03. The first-order valence-electron chi connectivity index (χ1n) is 5.80. The smallest absolute Gasteiger partial charge is 0.354 e. The fourth-order valence-electron chi connectivity index (χ4n) is 1.69. The Hall–Kier alpha value is -2.61. The molecule has 1 unspecified atom stereocenters. The van der Waals surface area contributed by atoms with Crippen LogP contribution in [0.4, 0.5) is 5.69 Å². The molecule has 0 amide bonds. The van der Waals surface area contributed by atoms with Gasteiger partial charge in [0.25, 0.3) is 5.69 Å². The van der Waals surface area contributed by atoms with Crippen molar-refractivity contribution in [1.82, 2.24) is 4.98 Å². The predicted octanol–water partition coefficient (Wildman–Crippen LogP) is 2.00. The summed E-state index contributed by atoms with van der Waals surface area (Å²) >= 11 is 0. The number of nitro benzene ring substituents is 1. The number of aromatic nitrogens is 1. The van der Waals surface area contributed by atoms with Gasteiger partial charge in [-0.15, -0.1) is 0 Å². The van der Waals surface area contributed by atoms with Crippen molar-refractivity contribution in [2.75, 3.05) is 0 Å². The second-order valence-corrected chi connectivity index (χ2v) is 5.45. The zero-order chi connectivity index (χ0) is 15.4. The minimum atomic E-state index is -1.69. The highest BCUT2D eigenvalue weighted by Crippen LogP contribution is 2.23. The summed E-state index contributed by atoms with van der Waals surface area (Å²) in [7, 11) is -1.69. The molecule has 0 aliphatic carbocycles. The van der Waals surface area contributed by atoms with E-state index in [1.807, 2.05) is 0 Å². The van der Waals surface area contributed by atoms with Crippen LogP contribution in [0.2, 0.25) is 0 Å². The molecule has 1 N–H and O–H groups in total. The highest BCUT2D eigenvalue weighted by Gasteiger charge is 2.19. The van der Waals surface area contributed by atoms with Crippen LogP contribution in [0.15, 0.2) is 47.4 Å². The number of hydrogen-bond acceptors (Lipinski definition) is 5. The summed E-state index contributed by atoms with van der Waals surface area (Å²) in [5.41, 5.74) is -0.0938. The molecule has 1 atom stereocenters. The van der Waals surface area contributed by atoms with Gasteiger partial charge in [0.15, 0.2) is 0 Å². The van der Waals surface area contributed by atoms with Crippen molar-refractivity contribution in [2.24, 2.45) is 0 Å². The van der Waals surface area contributed by atoms with E-state index in [2.05, 4.69) is 4.98 Å². The molecule has 0 fully saturated rings. The number of hydrogen-bond donors (Lipinski definition) is 1. The van der Waals surface area contributed by atoms with Gasteiger partial charge in [-0.05, 0) is 18.2 Å². The number of rotatable bonds is 5. The first-order chi connectivity index (χ1) is 9.99. The number of carboxylic acid groups (broad SMARTS) is 1. The van der Waals surface area contributed by atoms with Gasteiger partial charge in [-0.1, -0.05) is 18.2 Å². The first-order valence-corrected chi connectivity index (χ1v) is 7.12. The molecule has 7 nitrogen and oxygen atoms in total. The Balaban J connectivity index is 2.28. The Kier molecular flexibility index (Phi) is 4.39. The minimum Gasteiger partial charge on any atom is -0.477 e. The monoisotopic (exact) mass is 306 g/mol. The van der Waals surface area contributed by atoms with Gasteiger partial charge >= 0.3 is 5.97 Å². The summed E-state index contributed by atoms with van der Waals surface area (Å²) in [4.78, 5) is 25.1. The molecular formula is C13H10N2O5S. The van der Waals surface area contributed by atoms with E-state index < -0.39 is 21.7 Å². The highest BCUT2D eigenvalue weighted by atomic mass is 32.2. The lowest BCUT2D eigenvalue weighted by molar-refractivity contribution is -0.387. The lowest BCUT2D eigenvalue weighted by Gasteiger charge is -2.04. The molecule has 0 saturated heterocycles. The van der Waals surface area contributed by atoms with Crippen molar-refractivity contribution in [3.8, 4) is 0 Å². The van der Waals surface area contributed by atoms with Crippen LogP contribution in [0.25, 0.3) is 0 Å². The third kappa shape index (κ3) is 3.48. The summed E-state index contributed by atoms with van der Waals surface area (Å²) in [5, 5.41) is 19.7. The molecule has 0 saturated carbocycles. The molecule has 0 radical (unpaired) electrons. The number of nitrogens with zero attached hydrogens (tertiary/aromatic N) is 2. The standard InChI is InChI=1S/C13H10N2O5S/c16-13(17)10-5-3-4-9(14-10)8-21(20)12-7-2-1-6-11(12)15(18)19/h1-7H,8H2,(H,16,17). The van der Waals surface area contributed by atoms with Gasteiger partial charge in [0.2, 0.25) is 0 Å². The van der Waals surface area contributed by atoms with Crippen LogP contribution in [-0.2, 0) is 16.6 Å². The van der Waals surface area contributed by atoms with E-state index in [1.54, 1.807) is 6.07 Å². The maximum atomic E-state index is 12.2. The summed E-state index contributed by atoms with van der Waals surface area (Å²) in [5.74, 6) is -1.28. The number of pyridine rings is 1. The second kappa shape index (κ2) is 6.23. The fourth-order valence-corrected chi connectivity index (χ4v) is 2.88. The molecule has 0 aliphatic rings. The summed E-state index contributed by atoms with van der Waals surface area (Å²) in [6, 6.07) is 10.1. The molecule has 0 spiro atoms. The van der Waals surface area contributed by atoms with Gasteiger partial charge < -0.3 is 5.11 Å². The van der Waals surface area contributed by atoms with Crippen LogP contribution in [-0.4, -0.2) is 25.2 Å². The molecule has 0 aliphatic heterocycles. The minimum absolute atomic E-state index is 0.0880. The van der Waals surface area contributed by atoms with Crippen molar-refractivity contribution < 1.29 is 19.0 Å². The van der Waals surface area contributed by atoms with E-state index in [4.69, 9.17) is 5.11 Å². The van der Waals surface area contributed by atoms with Crippen LogP contribution in [0.1, 0.15) is 16.2 Å². The van der Waals surface area contributed by atoms with Crippen molar-refractivity contribution >= 4 is 22.5 Å². The maximum absolute atomic E-state index is 12.2. The normalized spacial score (nSPS) is 11.8. The van der Waals surface area contributed by atoms with Gasteiger partial charge in [-0.2, -0.15) is 0 Å². The van der Waals surface area contributed by atoms with Crippen LogP contribution in [0, 0.1) is 10.1 Å². The fraction of sp³-hybridized carbons (Fsp3) is 0.0769. The number of nitro groups is 1. The van der Waals surface area contributed by atoms with Crippen LogP contribution >= 0.6 is 0 Å². The van der Waals surface area contributed by atoms with Crippen molar-refractivity contribution in [3.63, 3.8) is 0 Å². The Bertz CT molecular complexity index is 732. The third-order valence-electron chi connectivity index (χ3n) is 2.61. The quantitative estimate of drug-likeness (QED) is 0.668.